The molecule has 0 spiro atoms. The Morgan fingerprint density at radius 1 is 0.415 bits per heavy atom. The summed E-state index contributed by atoms with van der Waals surface area (Å²) in [5.74, 6) is -0.306. The molecule has 0 amide bonds. The highest BCUT2D eigenvalue weighted by Crippen LogP contribution is 2.14. The van der Waals surface area contributed by atoms with Crippen LogP contribution in [0.1, 0.15) is 233 Å². The standard InChI is InChI=1S/C47H86O6/c1-5-7-9-11-13-15-17-19-21-23-25-27-29-31-33-38-45(48)51-41-44(42-52-46(49)39-36-35-37-43(3)4)53-47(50)40-34-32-30-28-26-24-22-20-18-16-14-12-10-8-6-2/h19-22,43-44H,5-18,23-42H2,1-4H3/b21-19-,22-20-. The van der Waals surface area contributed by atoms with Gasteiger partial charge in [0.25, 0.3) is 0 Å². The van der Waals surface area contributed by atoms with Crippen LogP contribution in [-0.4, -0.2) is 37.2 Å². The average Bonchev–Trinajstić information content (AvgIpc) is 3.14. The fourth-order valence-corrected chi connectivity index (χ4v) is 6.38. The second-order valence-electron chi connectivity index (χ2n) is 15.8. The van der Waals surface area contributed by atoms with Crippen LogP contribution in [0.5, 0.6) is 0 Å². The summed E-state index contributed by atoms with van der Waals surface area (Å²) in [5, 5.41) is 0. The van der Waals surface area contributed by atoms with E-state index in [0.29, 0.717) is 25.2 Å². The third-order valence-electron chi connectivity index (χ3n) is 9.86. The maximum Gasteiger partial charge on any atom is 0.306 e. The van der Waals surface area contributed by atoms with Gasteiger partial charge in [0.1, 0.15) is 13.2 Å². The van der Waals surface area contributed by atoms with Gasteiger partial charge < -0.3 is 14.2 Å². The molecule has 0 aromatic carbocycles. The van der Waals surface area contributed by atoms with Crippen LogP contribution in [0.25, 0.3) is 0 Å². The second-order valence-corrected chi connectivity index (χ2v) is 15.8. The SMILES string of the molecule is CCCCCCCC/C=C\CCCCCCCC(=O)OCC(COC(=O)CCCCC(C)C)OC(=O)CCCCCCC/C=C\CCCCCCCC. The first-order chi connectivity index (χ1) is 25.9. The molecule has 0 heterocycles. The maximum atomic E-state index is 12.7. The van der Waals surface area contributed by atoms with E-state index in [1.54, 1.807) is 0 Å². The number of carbonyl (C=O) groups is 3. The molecule has 0 aliphatic rings. The van der Waals surface area contributed by atoms with Crippen LogP contribution in [0.3, 0.4) is 0 Å². The van der Waals surface area contributed by atoms with Gasteiger partial charge in [0, 0.05) is 19.3 Å². The first-order valence-corrected chi connectivity index (χ1v) is 22.7. The fourth-order valence-electron chi connectivity index (χ4n) is 6.38. The van der Waals surface area contributed by atoms with Crippen molar-refractivity contribution in [1.29, 1.82) is 0 Å². The van der Waals surface area contributed by atoms with E-state index in [2.05, 4.69) is 52.0 Å². The van der Waals surface area contributed by atoms with Crippen molar-refractivity contribution in [3.63, 3.8) is 0 Å². The zero-order valence-corrected chi connectivity index (χ0v) is 35.5. The molecule has 0 rings (SSSR count). The van der Waals surface area contributed by atoms with Crippen molar-refractivity contribution in [3.05, 3.63) is 24.3 Å². The lowest BCUT2D eigenvalue weighted by Gasteiger charge is -2.18. The van der Waals surface area contributed by atoms with E-state index >= 15 is 0 Å². The normalized spacial score (nSPS) is 12.2. The first-order valence-electron chi connectivity index (χ1n) is 22.7. The highest BCUT2D eigenvalue weighted by molar-refractivity contribution is 5.71. The van der Waals surface area contributed by atoms with Crippen molar-refractivity contribution in [2.75, 3.05) is 13.2 Å². The minimum atomic E-state index is -0.775. The Kier molecular flexibility index (Phi) is 39.4. The topological polar surface area (TPSA) is 78.9 Å². The van der Waals surface area contributed by atoms with Crippen molar-refractivity contribution in [1.82, 2.24) is 0 Å². The molecule has 310 valence electrons. The molecule has 53 heavy (non-hydrogen) atoms. The summed E-state index contributed by atoms with van der Waals surface area (Å²) in [6.07, 6.45) is 43.7. The highest BCUT2D eigenvalue weighted by Gasteiger charge is 2.19. The van der Waals surface area contributed by atoms with Crippen LogP contribution in [0.4, 0.5) is 0 Å². The van der Waals surface area contributed by atoms with Gasteiger partial charge in [-0.1, -0.05) is 168 Å². The molecule has 1 unspecified atom stereocenters. The molecule has 0 aromatic heterocycles. The minimum Gasteiger partial charge on any atom is -0.462 e. The Balaban J connectivity index is 4.25. The predicted molar refractivity (Wildman–Crippen MR) is 224 cm³/mol. The lowest BCUT2D eigenvalue weighted by atomic mass is 10.1. The summed E-state index contributed by atoms with van der Waals surface area (Å²) in [5.41, 5.74) is 0. The number of rotatable bonds is 40. The van der Waals surface area contributed by atoms with Gasteiger partial charge in [-0.05, 0) is 76.5 Å². The molecule has 0 bridgehead atoms. The summed E-state index contributed by atoms with van der Waals surface area (Å²) >= 11 is 0. The number of ether oxygens (including phenoxy) is 3. The van der Waals surface area contributed by atoms with Crippen LogP contribution in [0, 0.1) is 5.92 Å². The van der Waals surface area contributed by atoms with Gasteiger partial charge in [0.15, 0.2) is 6.10 Å². The Bertz CT molecular complexity index is 878. The Morgan fingerprint density at radius 2 is 0.736 bits per heavy atom. The van der Waals surface area contributed by atoms with E-state index in [4.69, 9.17) is 14.2 Å². The average molecular weight is 747 g/mol. The lowest BCUT2D eigenvalue weighted by molar-refractivity contribution is -0.167. The van der Waals surface area contributed by atoms with Crippen LogP contribution in [-0.2, 0) is 28.6 Å². The Labute approximate surface area is 328 Å². The van der Waals surface area contributed by atoms with Gasteiger partial charge in [-0.15, -0.1) is 0 Å². The van der Waals surface area contributed by atoms with Gasteiger partial charge in [-0.25, -0.2) is 0 Å². The number of hydrogen-bond donors (Lipinski definition) is 0. The Morgan fingerprint density at radius 3 is 1.11 bits per heavy atom. The zero-order chi connectivity index (χ0) is 38.9. The number of allylic oxidation sites excluding steroid dienone is 4. The second kappa shape index (κ2) is 41.1. The molecule has 0 aromatic rings. The maximum absolute atomic E-state index is 12.7. The van der Waals surface area contributed by atoms with Crippen LogP contribution in [0.15, 0.2) is 24.3 Å². The monoisotopic (exact) mass is 747 g/mol. The van der Waals surface area contributed by atoms with Gasteiger partial charge in [-0.2, -0.15) is 0 Å². The number of unbranched alkanes of at least 4 members (excludes halogenated alkanes) is 23. The third-order valence-corrected chi connectivity index (χ3v) is 9.86. The molecule has 0 saturated heterocycles. The molecule has 0 aliphatic carbocycles. The van der Waals surface area contributed by atoms with E-state index < -0.39 is 6.10 Å². The van der Waals surface area contributed by atoms with Crippen molar-refractivity contribution < 1.29 is 28.6 Å². The van der Waals surface area contributed by atoms with E-state index in [1.807, 2.05) is 0 Å². The summed E-state index contributed by atoms with van der Waals surface area (Å²) in [6.45, 7) is 8.70. The molecule has 1 atom stereocenters. The van der Waals surface area contributed by atoms with E-state index in [1.165, 1.54) is 116 Å². The molecule has 6 nitrogen and oxygen atoms in total. The van der Waals surface area contributed by atoms with E-state index in [-0.39, 0.29) is 31.1 Å². The van der Waals surface area contributed by atoms with Gasteiger partial charge >= 0.3 is 17.9 Å². The van der Waals surface area contributed by atoms with Crippen molar-refractivity contribution >= 4 is 17.9 Å². The van der Waals surface area contributed by atoms with Gasteiger partial charge in [0.2, 0.25) is 0 Å². The van der Waals surface area contributed by atoms with Crippen LogP contribution in [0.2, 0.25) is 0 Å². The first kappa shape index (κ1) is 50.9. The lowest BCUT2D eigenvalue weighted by Crippen LogP contribution is -2.30. The van der Waals surface area contributed by atoms with Crippen molar-refractivity contribution in [2.24, 2.45) is 5.92 Å². The summed E-state index contributed by atoms with van der Waals surface area (Å²) < 4.78 is 16.6. The molecule has 6 heteroatoms. The number of esters is 3. The van der Waals surface area contributed by atoms with Crippen LogP contribution < -0.4 is 0 Å². The van der Waals surface area contributed by atoms with E-state index in [9.17, 15) is 14.4 Å². The van der Waals surface area contributed by atoms with Gasteiger partial charge in [-0.3, -0.25) is 14.4 Å². The van der Waals surface area contributed by atoms with E-state index in [0.717, 1.165) is 70.6 Å². The number of hydrogen-bond acceptors (Lipinski definition) is 6. The number of carbonyl (C=O) groups excluding carboxylic acids is 3. The quantitative estimate of drug-likeness (QED) is 0.0269. The summed E-state index contributed by atoms with van der Waals surface area (Å²) in [6, 6.07) is 0. The third kappa shape index (κ3) is 40.9. The van der Waals surface area contributed by atoms with Gasteiger partial charge in [0.05, 0.1) is 0 Å². The zero-order valence-electron chi connectivity index (χ0n) is 35.5. The van der Waals surface area contributed by atoms with Crippen molar-refractivity contribution in [3.8, 4) is 0 Å². The molecule has 0 aliphatic heterocycles. The highest BCUT2D eigenvalue weighted by atomic mass is 16.6. The minimum absolute atomic E-state index is 0.0807. The molecule has 0 radical (unpaired) electrons. The molecule has 0 N–H and O–H groups in total. The van der Waals surface area contributed by atoms with Crippen molar-refractivity contribution in [2.45, 2.75) is 239 Å². The smallest absolute Gasteiger partial charge is 0.306 e. The molecule has 0 fully saturated rings. The predicted octanol–water partition coefficient (Wildman–Crippen LogP) is 14.3. The molecular weight excluding hydrogens is 661 g/mol. The summed E-state index contributed by atoms with van der Waals surface area (Å²) in [7, 11) is 0. The van der Waals surface area contributed by atoms with Crippen LogP contribution >= 0.6 is 0 Å². The largest absolute Gasteiger partial charge is 0.462 e. The summed E-state index contributed by atoms with van der Waals surface area (Å²) in [4.78, 5) is 37.5. The molecular formula is C47H86O6. The fraction of sp³-hybridized carbons (Fsp3) is 0.851. The Hall–Kier alpha value is -2.11. The molecule has 0 saturated carbocycles.